The Balaban J connectivity index is 0.000000339. The maximum Gasteiger partial charge on any atom is 0.490 e. The quantitative estimate of drug-likeness (QED) is 0.599. The minimum absolute atomic E-state index is 0.197. The number of halogens is 3. The third-order valence-corrected chi connectivity index (χ3v) is 5.16. The molecule has 1 atom stereocenters. The van der Waals surface area contributed by atoms with Gasteiger partial charge in [0, 0.05) is 50.7 Å². The zero-order valence-electron chi connectivity index (χ0n) is 16.7. The second kappa shape index (κ2) is 8.92. The van der Waals surface area contributed by atoms with Gasteiger partial charge < -0.3 is 15.3 Å². The van der Waals surface area contributed by atoms with Crippen LogP contribution in [0.5, 0.6) is 0 Å². The molecule has 0 radical (unpaired) electrons. The Morgan fingerprint density at radius 1 is 1.23 bits per heavy atom. The third-order valence-electron chi connectivity index (χ3n) is 5.16. The molecule has 9 nitrogen and oxygen atoms in total. The lowest BCUT2D eigenvalue weighted by Gasteiger charge is -2.29. The van der Waals surface area contributed by atoms with Gasteiger partial charge in [0.2, 0.25) is 11.8 Å². The molecule has 0 bridgehead atoms. The van der Waals surface area contributed by atoms with E-state index in [1.165, 1.54) is 5.69 Å². The molecule has 1 aromatic carbocycles. The highest BCUT2D eigenvalue weighted by Crippen LogP contribution is 2.32. The molecule has 2 fully saturated rings. The molecule has 2 amide bonds. The van der Waals surface area contributed by atoms with E-state index in [1.807, 2.05) is 11.7 Å². The van der Waals surface area contributed by atoms with Crippen molar-refractivity contribution in [1.29, 1.82) is 0 Å². The number of benzene rings is 1. The van der Waals surface area contributed by atoms with E-state index < -0.39 is 12.1 Å². The zero-order chi connectivity index (χ0) is 22.8. The molecule has 31 heavy (non-hydrogen) atoms. The number of nitrogens with one attached hydrogen (secondary N) is 2. The van der Waals surface area contributed by atoms with Gasteiger partial charge in [0.25, 0.3) is 0 Å². The van der Waals surface area contributed by atoms with E-state index in [4.69, 9.17) is 9.90 Å². The number of carbonyl (C=O) groups excluding carboxylic acids is 2. The minimum Gasteiger partial charge on any atom is -0.475 e. The highest BCUT2D eigenvalue weighted by atomic mass is 19.4. The molecule has 0 spiro atoms. The van der Waals surface area contributed by atoms with Crippen molar-refractivity contribution in [2.75, 3.05) is 31.1 Å². The Bertz CT molecular complexity index is 998. The number of rotatable bonds is 2. The number of fused-ring (bicyclic) bond motifs is 1. The number of nitrogens with zero attached hydrogens (tertiary/aromatic N) is 3. The Morgan fingerprint density at radius 2 is 1.87 bits per heavy atom. The number of hydrogen-bond acceptors (Lipinski definition) is 6. The van der Waals surface area contributed by atoms with Gasteiger partial charge in [-0.2, -0.15) is 18.3 Å². The number of hydrogen-bond donors (Lipinski definition) is 3. The normalized spacial score (nSPS) is 19.6. The number of piperazine rings is 1. The lowest BCUT2D eigenvalue weighted by atomic mass is 9.93. The monoisotopic (exact) mass is 441 g/mol. The number of piperidine rings is 1. The standard InChI is InChI=1S/C17H21N5O2.C2HF3O2/c1-21-14-10-11(22-8-6-18-7-9-22)2-3-12(14)16(20-21)13-4-5-15(23)19-17(13)24;3-2(4,5)1(6)7/h2-3,10,13,18H,4-9H2,1H3,(H,19,23,24);(H,6,7). The molecular weight excluding hydrogens is 419 g/mol. The van der Waals surface area contributed by atoms with Crippen molar-refractivity contribution in [3.05, 3.63) is 23.9 Å². The van der Waals surface area contributed by atoms with E-state index in [2.05, 4.69) is 38.8 Å². The van der Waals surface area contributed by atoms with Gasteiger partial charge in [0.15, 0.2) is 0 Å². The Labute approximate surface area is 175 Å². The minimum atomic E-state index is -5.08. The summed E-state index contributed by atoms with van der Waals surface area (Å²) in [5, 5.41) is 18.5. The average molecular weight is 441 g/mol. The number of anilines is 1. The molecule has 3 N–H and O–H groups in total. The number of carbonyl (C=O) groups is 3. The summed E-state index contributed by atoms with van der Waals surface area (Å²) in [5.41, 5.74) is 2.97. The number of aliphatic carboxylic acids is 1. The lowest BCUT2D eigenvalue weighted by molar-refractivity contribution is -0.192. The maximum absolute atomic E-state index is 12.2. The average Bonchev–Trinajstić information content (AvgIpc) is 3.04. The summed E-state index contributed by atoms with van der Waals surface area (Å²) in [6.07, 6.45) is -4.19. The Hall–Kier alpha value is -3.15. The zero-order valence-corrected chi connectivity index (χ0v) is 16.7. The number of aromatic nitrogens is 2. The Morgan fingerprint density at radius 3 is 2.45 bits per heavy atom. The van der Waals surface area contributed by atoms with Crippen LogP contribution in [0, 0.1) is 0 Å². The van der Waals surface area contributed by atoms with Gasteiger partial charge in [-0.25, -0.2) is 4.79 Å². The Kier molecular flexibility index (Phi) is 6.48. The van der Waals surface area contributed by atoms with Crippen molar-refractivity contribution in [2.24, 2.45) is 7.05 Å². The van der Waals surface area contributed by atoms with Crippen LogP contribution < -0.4 is 15.5 Å². The van der Waals surface area contributed by atoms with E-state index in [1.54, 1.807) is 0 Å². The first-order valence-corrected chi connectivity index (χ1v) is 9.64. The first kappa shape index (κ1) is 22.5. The van der Waals surface area contributed by atoms with Crippen LogP contribution in [-0.4, -0.2) is 65.0 Å². The smallest absolute Gasteiger partial charge is 0.475 e. The number of amides is 2. The van der Waals surface area contributed by atoms with Crippen molar-refractivity contribution in [3.63, 3.8) is 0 Å². The van der Waals surface area contributed by atoms with Crippen LogP contribution in [0.15, 0.2) is 18.2 Å². The lowest BCUT2D eigenvalue weighted by Crippen LogP contribution is -2.43. The van der Waals surface area contributed by atoms with Crippen LogP contribution in [-0.2, 0) is 21.4 Å². The maximum atomic E-state index is 12.2. The highest BCUT2D eigenvalue weighted by Gasteiger charge is 2.38. The summed E-state index contributed by atoms with van der Waals surface area (Å²) >= 11 is 0. The van der Waals surface area contributed by atoms with Gasteiger partial charge in [-0.1, -0.05) is 0 Å². The van der Waals surface area contributed by atoms with Gasteiger partial charge >= 0.3 is 12.1 Å². The number of carboxylic acids is 1. The van der Waals surface area contributed by atoms with E-state index >= 15 is 0 Å². The molecule has 12 heteroatoms. The number of carboxylic acid groups (broad SMARTS) is 1. The fourth-order valence-electron chi connectivity index (χ4n) is 3.61. The topological polar surface area (TPSA) is 117 Å². The summed E-state index contributed by atoms with van der Waals surface area (Å²) in [5.74, 6) is -3.54. The van der Waals surface area contributed by atoms with E-state index in [9.17, 15) is 22.8 Å². The van der Waals surface area contributed by atoms with Crippen molar-refractivity contribution in [1.82, 2.24) is 20.4 Å². The summed E-state index contributed by atoms with van der Waals surface area (Å²) < 4.78 is 33.6. The predicted octanol–water partition coefficient (Wildman–Crippen LogP) is 1.14. The van der Waals surface area contributed by atoms with Crippen molar-refractivity contribution in [3.8, 4) is 0 Å². The molecule has 168 valence electrons. The van der Waals surface area contributed by atoms with E-state index in [0.29, 0.717) is 12.8 Å². The largest absolute Gasteiger partial charge is 0.490 e. The van der Waals surface area contributed by atoms with E-state index in [0.717, 1.165) is 42.8 Å². The van der Waals surface area contributed by atoms with Gasteiger partial charge in [-0.3, -0.25) is 19.6 Å². The molecule has 2 saturated heterocycles. The molecule has 0 aliphatic carbocycles. The summed E-state index contributed by atoms with van der Waals surface area (Å²) in [7, 11) is 1.90. The van der Waals surface area contributed by atoms with Crippen molar-refractivity contribution < 1.29 is 32.7 Å². The van der Waals surface area contributed by atoms with Crippen molar-refractivity contribution in [2.45, 2.75) is 24.9 Å². The van der Waals surface area contributed by atoms with Crippen LogP contribution in [0.2, 0.25) is 0 Å². The van der Waals surface area contributed by atoms with Gasteiger partial charge in [-0.05, 0) is 24.6 Å². The number of aryl methyl sites for hydroxylation is 1. The van der Waals surface area contributed by atoms with Gasteiger partial charge in [-0.15, -0.1) is 0 Å². The fourth-order valence-corrected chi connectivity index (χ4v) is 3.61. The molecular formula is C19H22F3N5O4. The molecule has 1 aromatic heterocycles. The summed E-state index contributed by atoms with van der Waals surface area (Å²) in [6, 6.07) is 6.30. The van der Waals surface area contributed by atoms with Crippen molar-refractivity contribution >= 4 is 34.4 Å². The van der Waals surface area contributed by atoms with Gasteiger partial charge in [0.1, 0.15) is 0 Å². The van der Waals surface area contributed by atoms with Crippen LogP contribution in [0.3, 0.4) is 0 Å². The molecule has 2 aromatic rings. The SMILES string of the molecule is Cn1nc(C2CCC(=O)NC2=O)c2ccc(N3CCNCC3)cc21.O=C(O)C(F)(F)F. The number of imide groups is 1. The van der Waals surface area contributed by atoms with Gasteiger partial charge in [0.05, 0.1) is 17.1 Å². The molecule has 2 aliphatic heterocycles. The second-order valence-corrected chi connectivity index (χ2v) is 7.25. The number of alkyl halides is 3. The molecule has 2 aliphatic rings. The molecule has 0 saturated carbocycles. The van der Waals surface area contributed by atoms with Crippen LogP contribution in [0.4, 0.5) is 18.9 Å². The van der Waals surface area contributed by atoms with Crippen LogP contribution >= 0.6 is 0 Å². The second-order valence-electron chi connectivity index (χ2n) is 7.25. The third kappa shape index (κ3) is 5.13. The molecule has 3 heterocycles. The first-order chi connectivity index (χ1) is 14.6. The highest BCUT2D eigenvalue weighted by molar-refractivity contribution is 6.02. The van der Waals surface area contributed by atoms with E-state index in [-0.39, 0.29) is 17.7 Å². The first-order valence-electron chi connectivity index (χ1n) is 9.64. The summed E-state index contributed by atoms with van der Waals surface area (Å²) in [6.45, 7) is 3.96. The summed E-state index contributed by atoms with van der Waals surface area (Å²) in [4.78, 5) is 34.8. The van der Waals surface area contributed by atoms with Crippen LogP contribution in [0.25, 0.3) is 10.9 Å². The van der Waals surface area contributed by atoms with Crippen LogP contribution in [0.1, 0.15) is 24.5 Å². The fraction of sp³-hybridized carbons (Fsp3) is 0.474. The predicted molar refractivity (Wildman–Crippen MR) is 105 cm³/mol. The molecule has 1 unspecified atom stereocenters. The molecule has 4 rings (SSSR count).